The number of hydrogen-bond acceptors (Lipinski definition) is 8. The topological polar surface area (TPSA) is 136 Å². The van der Waals surface area contributed by atoms with Gasteiger partial charge >= 0.3 is 11.9 Å². The Hall–Kier alpha value is -5.64. The second kappa shape index (κ2) is 15.6. The summed E-state index contributed by atoms with van der Waals surface area (Å²) in [5.74, 6) is -0.507. The van der Waals surface area contributed by atoms with Gasteiger partial charge in [-0.05, 0) is 94.3 Å². The van der Waals surface area contributed by atoms with Gasteiger partial charge in [0.05, 0.1) is 46.6 Å². The molecule has 3 aromatic carbocycles. The van der Waals surface area contributed by atoms with Gasteiger partial charge < -0.3 is 19.9 Å². The van der Waals surface area contributed by atoms with E-state index in [-0.39, 0.29) is 29.6 Å². The number of nitrogens with zero attached hydrogens (tertiary/aromatic N) is 6. The molecule has 4 heterocycles. The number of imidazole rings is 1. The molecule has 8 rings (SSSR count). The van der Waals surface area contributed by atoms with Crippen molar-refractivity contribution in [2.45, 2.75) is 75.7 Å². The molecule has 58 heavy (non-hydrogen) atoms. The van der Waals surface area contributed by atoms with Gasteiger partial charge in [0.15, 0.2) is 0 Å². The normalized spacial score (nSPS) is 20.9. The summed E-state index contributed by atoms with van der Waals surface area (Å²) in [6, 6.07) is 13.6. The van der Waals surface area contributed by atoms with Crippen LogP contribution in [0.3, 0.4) is 0 Å². The summed E-state index contributed by atoms with van der Waals surface area (Å²) in [6.45, 7) is 2.68. The number of benzene rings is 3. The van der Waals surface area contributed by atoms with E-state index in [0.717, 1.165) is 86.9 Å². The molecule has 16 heteroatoms. The van der Waals surface area contributed by atoms with Crippen molar-refractivity contribution in [1.29, 1.82) is 0 Å². The van der Waals surface area contributed by atoms with Gasteiger partial charge in [-0.3, -0.25) is 33.5 Å². The number of aryl methyl sites for hydroxylation is 1. The zero-order valence-electron chi connectivity index (χ0n) is 32.7. The Labute approximate surface area is 332 Å². The quantitative estimate of drug-likeness (QED) is 0.167. The van der Waals surface area contributed by atoms with Crippen LogP contribution in [0, 0.1) is 5.92 Å². The first-order valence-electron chi connectivity index (χ1n) is 19.8. The summed E-state index contributed by atoms with van der Waals surface area (Å²) >= 11 is 0. The number of piperidine rings is 2. The van der Waals surface area contributed by atoms with Crippen LogP contribution in [0.25, 0.3) is 21.9 Å². The van der Waals surface area contributed by atoms with Crippen molar-refractivity contribution in [2.24, 2.45) is 13.0 Å². The number of imide groups is 1. The van der Waals surface area contributed by atoms with Crippen molar-refractivity contribution in [3.8, 4) is 5.75 Å². The lowest BCUT2D eigenvalue weighted by Gasteiger charge is -2.40. The zero-order valence-corrected chi connectivity index (χ0v) is 32.7. The molecule has 1 saturated carbocycles. The fourth-order valence-electron chi connectivity index (χ4n) is 9.16. The van der Waals surface area contributed by atoms with E-state index in [0.29, 0.717) is 40.9 Å². The van der Waals surface area contributed by atoms with Gasteiger partial charge in [0.25, 0.3) is 5.91 Å². The summed E-state index contributed by atoms with van der Waals surface area (Å²) in [4.78, 5) is 55.8. The van der Waals surface area contributed by atoms with Crippen LogP contribution in [0.4, 0.5) is 24.5 Å². The third-order valence-corrected chi connectivity index (χ3v) is 12.3. The average molecular weight is 801 g/mol. The van der Waals surface area contributed by atoms with Gasteiger partial charge in [0.1, 0.15) is 11.8 Å². The molecule has 1 aliphatic carbocycles. The smallest absolute Gasteiger partial charge is 0.416 e. The molecular weight excluding hydrogens is 754 g/mol. The molecular formula is C42H47F3N8O5. The largest absolute Gasteiger partial charge is 0.494 e. The number of halogens is 3. The Morgan fingerprint density at radius 3 is 2.43 bits per heavy atom. The van der Waals surface area contributed by atoms with Crippen molar-refractivity contribution in [3.63, 3.8) is 0 Å². The molecule has 2 N–H and O–H groups in total. The molecule has 1 unspecified atom stereocenters. The highest BCUT2D eigenvalue weighted by Gasteiger charge is 2.34. The van der Waals surface area contributed by atoms with Gasteiger partial charge in [-0.1, -0.05) is 12.1 Å². The molecule has 0 bridgehead atoms. The molecule has 1 atom stereocenters. The first-order valence-corrected chi connectivity index (χ1v) is 19.8. The number of ether oxygens (including phenoxy) is 1. The van der Waals surface area contributed by atoms with E-state index in [2.05, 4.69) is 27.5 Å². The summed E-state index contributed by atoms with van der Waals surface area (Å²) in [5.41, 5.74) is 2.25. The van der Waals surface area contributed by atoms with Crippen LogP contribution in [0.5, 0.6) is 5.75 Å². The highest BCUT2D eigenvalue weighted by Crippen LogP contribution is 2.37. The highest BCUT2D eigenvalue weighted by atomic mass is 19.4. The predicted octanol–water partition coefficient (Wildman–Crippen LogP) is 6.28. The number of carbonyl (C=O) groups is 3. The van der Waals surface area contributed by atoms with Crippen LogP contribution in [0.2, 0.25) is 0 Å². The number of nitrogens with one attached hydrogen (secondary N) is 2. The number of fused-ring (bicyclic) bond motifs is 2. The van der Waals surface area contributed by atoms with Crippen LogP contribution < -0.4 is 26.0 Å². The standard InChI is InChI=1S/C42H47F3N8O5/c1-49(29-16-18-51(19-17-29)33-8-5-9-34-38(33)50(2)41(57)53(34)35-14-15-37(54)47-40(35)56)23-25-10-12-30(13-11-25)52-24-27-21-32(36(58-3)22-31(27)48-52)46-39(55)26-6-4-7-28(20-26)42(43,44)45/h4-9,20-22,24-25,29-30,35H,10-19,23H2,1-3H3,(H,46,55)(H,47,54,56). The van der Waals surface area contributed by atoms with Crippen LogP contribution >= 0.6 is 0 Å². The monoisotopic (exact) mass is 800 g/mol. The number of carbonyl (C=O) groups excluding carboxylic acids is 3. The van der Waals surface area contributed by atoms with Gasteiger partial charge in [-0.2, -0.15) is 18.3 Å². The van der Waals surface area contributed by atoms with Crippen LogP contribution in [-0.4, -0.2) is 81.4 Å². The number of rotatable bonds is 9. The van der Waals surface area contributed by atoms with E-state index in [1.807, 2.05) is 29.1 Å². The van der Waals surface area contributed by atoms with E-state index in [1.54, 1.807) is 23.7 Å². The maximum atomic E-state index is 13.4. The zero-order chi connectivity index (χ0) is 40.9. The third kappa shape index (κ3) is 7.56. The Morgan fingerprint density at radius 2 is 1.72 bits per heavy atom. The van der Waals surface area contributed by atoms with E-state index in [9.17, 15) is 32.3 Å². The molecule has 3 aliphatic rings. The van der Waals surface area contributed by atoms with Gasteiger partial charge in [-0.25, -0.2) is 4.79 Å². The molecule has 2 saturated heterocycles. The fourth-order valence-corrected chi connectivity index (χ4v) is 9.16. The van der Waals surface area contributed by atoms with E-state index in [1.165, 1.54) is 23.8 Å². The van der Waals surface area contributed by atoms with E-state index in [4.69, 9.17) is 9.84 Å². The maximum absolute atomic E-state index is 13.4. The van der Waals surface area contributed by atoms with Crippen LogP contribution in [-0.2, 0) is 22.8 Å². The molecule has 3 amide bonds. The molecule has 0 radical (unpaired) electrons. The van der Waals surface area contributed by atoms with Gasteiger partial charge in [-0.15, -0.1) is 0 Å². The number of methoxy groups -OCH3 is 1. The molecule has 13 nitrogen and oxygen atoms in total. The number of anilines is 2. The lowest BCUT2D eigenvalue weighted by Crippen LogP contribution is -2.45. The highest BCUT2D eigenvalue weighted by molar-refractivity contribution is 6.06. The van der Waals surface area contributed by atoms with Crippen molar-refractivity contribution < 1.29 is 32.3 Å². The van der Waals surface area contributed by atoms with Crippen molar-refractivity contribution in [3.05, 3.63) is 82.4 Å². The Morgan fingerprint density at radius 1 is 0.983 bits per heavy atom. The molecule has 2 aromatic heterocycles. The number of hydrogen-bond donors (Lipinski definition) is 2. The van der Waals surface area contributed by atoms with Crippen molar-refractivity contribution in [1.82, 2.24) is 29.1 Å². The first-order chi connectivity index (χ1) is 27.8. The second-order valence-corrected chi connectivity index (χ2v) is 15.9. The second-order valence-electron chi connectivity index (χ2n) is 15.9. The predicted molar refractivity (Wildman–Crippen MR) is 213 cm³/mol. The summed E-state index contributed by atoms with van der Waals surface area (Å²) in [6.07, 6.45) is 3.93. The van der Waals surface area contributed by atoms with Crippen LogP contribution in [0.1, 0.15) is 79.4 Å². The number of alkyl halides is 3. The third-order valence-electron chi connectivity index (χ3n) is 12.3. The lowest BCUT2D eigenvalue weighted by molar-refractivity contribution is -0.138. The summed E-state index contributed by atoms with van der Waals surface area (Å²) in [7, 11) is 5.43. The Bertz CT molecular complexity index is 2440. The minimum absolute atomic E-state index is 0.107. The summed E-state index contributed by atoms with van der Waals surface area (Å²) in [5, 5.41) is 10.7. The number of para-hydroxylation sites is 1. The number of amides is 3. The Balaban J connectivity index is 0.866. The maximum Gasteiger partial charge on any atom is 0.416 e. The molecule has 5 aromatic rings. The van der Waals surface area contributed by atoms with E-state index < -0.39 is 29.6 Å². The Kier molecular flexibility index (Phi) is 10.5. The lowest BCUT2D eigenvalue weighted by atomic mass is 9.85. The molecule has 2 aliphatic heterocycles. The average Bonchev–Trinajstić information content (AvgIpc) is 3.74. The van der Waals surface area contributed by atoms with Crippen LogP contribution in [0.15, 0.2) is 65.6 Å². The van der Waals surface area contributed by atoms with Crippen molar-refractivity contribution >= 4 is 51.0 Å². The van der Waals surface area contributed by atoms with Gasteiger partial charge in [0.2, 0.25) is 11.8 Å². The van der Waals surface area contributed by atoms with Gasteiger partial charge in [0, 0.05) is 62.4 Å². The molecule has 306 valence electrons. The number of aromatic nitrogens is 4. The molecule has 3 fully saturated rings. The SMILES string of the molecule is COc1cc2nn(C3CCC(CN(C)C4CCN(c5cccc6c5n(C)c(=O)n6C5CCC(=O)NC5=O)CC4)CC3)cc2cc1NC(=O)c1cccc(C(F)(F)F)c1. The van der Waals surface area contributed by atoms with Crippen molar-refractivity contribution in [2.75, 3.05) is 44.0 Å². The minimum atomic E-state index is -4.56. The summed E-state index contributed by atoms with van der Waals surface area (Å²) < 4.78 is 50.4. The molecule has 0 spiro atoms. The minimum Gasteiger partial charge on any atom is -0.494 e. The fraction of sp³-hybridized carbons (Fsp3) is 0.452. The van der Waals surface area contributed by atoms with E-state index >= 15 is 0 Å². The first kappa shape index (κ1) is 39.2.